The van der Waals surface area contributed by atoms with Crippen molar-refractivity contribution in [3.8, 4) is 0 Å². The lowest BCUT2D eigenvalue weighted by Gasteiger charge is -2.36. The van der Waals surface area contributed by atoms with Gasteiger partial charge in [-0.2, -0.15) is 4.80 Å². The van der Waals surface area contributed by atoms with Crippen LogP contribution in [0, 0.1) is 5.92 Å². The molecule has 1 aromatic heterocycles. The SMILES string of the molecule is CCC(C(=O)NC(C(=O)N1CCCC1c1nnn(Cc2ccccc2)n1)C1CCCCC1)N(C)C(=O)OC(C)(C)C. The van der Waals surface area contributed by atoms with Gasteiger partial charge in [-0.3, -0.25) is 14.5 Å². The number of nitrogens with zero attached hydrogens (tertiary/aromatic N) is 6. The van der Waals surface area contributed by atoms with Crippen LogP contribution in [0.4, 0.5) is 4.79 Å². The number of likely N-dealkylation sites (N-methyl/N-ethyl adjacent to an activating group) is 1. The zero-order valence-electron chi connectivity index (χ0n) is 25.1. The molecule has 4 rings (SSSR count). The number of hydrogen-bond acceptors (Lipinski definition) is 7. The number of likely N-dealkylation sites (tertiary alicyclic amines) is 1. The highest BCUT2D eigenvalue weighted by molar-refractivity contribution is 5.91. The lowest BCUT2D eigenvalue weighted by atomic mass is 9.83. The number of amides is 3. The third-order valence-corrected chi connectivity index (χ3v) is 7.99. The van der Waals surface area contributed by atoms with E-state index in [1.165, 1.54) is 4.90 Å². The first-order valence-corrected chi connectivity index (χ1v) is 15.0. The summed E-state index contributed by atoms with van der Waals surface area (Å²) in [5.74, 6) is 0.110. The predicted molar refractivity (Wildman–Crippen MR) is 154 cm³/mol. The number of aromatic nitrogens is 4. The minimum atomic E-state index is -0.752. The molecule has 2 aromatic rings. The Kier molecular flexibility index (Phi) is 9.99. The van der Waals surface area contributed by atoms with Crippen LogP contribution >= 0.6 is 0 Å². The molecule has 2 fully saturated rings. The predicted octanol–water partition coefficient (Wildman–Crippen LogP) is 4.10. The Bertz CT molecular complexity index is 1170. The topological polar surface area (TPSA) is 123 Å². The van der Waals surface area contributed by atoms with Gasteiger partial charge in [0.1, 0.15) is 17.7 Å². The number of benzene rings is 1. The van der Waals surface area contributed by atoms with Crippen molar-refractivity contribution in [3.05, 3.63) is 41.7 Å². The van der Waals surface area contributed by atoms with E-state index in [2.05, 4.69) is 20.7 Å². The Morgan fingerprint density at radius 1 is 1.07 bits per heavy atom. The van der Waals surface area contributed by atoms with E-state index in [-0.39, 0.29) is 23.8 Å². The van der Waals surface area contributed by atoms with Crippen LogP contribution in [0.1, 0.15) is 96.5 Å². The van der Waals surface area contributed by atoms with E-state index in [1.54, 1.807) is 32.6 Å². The molecule has 0 bridgehead atoms. The Morgan fingerprint density at radius 2 is 1.78 bits per heavy atom. The molecule has 41 heavy (non-hydrogen) atoms. The fourth-order valence-electron chi connectivity index (χ4n) is 5.87. The van der Waals surface area contributed by atoms with Gasteiger partial charge in [0, 0.05) is 13.6 Å². The van der Waals surface area contributed by atoms with Crippen molar-refractivity contribution in [3.63, 3.8) is 0 Å². The molecule has 1 saturated heterocycles. The summed E-state index contributed by atoms with van der Waals surface area (Å²) in [5, 5.41) is 16.3. The number of ether oxygens (including phenoxy) is 1. The van der Waals surface area contributed by atoms with E-state index >= 15 is 0 Å². The van der Waals surface area contributed by atoms with Gasteiger partial charge >= 0.3 is 6.09 Å². The van der Waals surface area contributed by atoms with Crippen LogP contribution in [-0.2, 0) is 20.9 Å². The highest BCUT2D eigenvalue weighted by atomic mass is 16.6. The first-order chi connectivity index (χ1) is 19.6. The Morgan fingerprint density at radius 3 is 2.44 bits per heavy atom. The molecular formula is C30H45N7O4. The number of tetrazole rings is 1. The van der Waals surface area contributed by atoms with Gasteiger partial charge in [-0.05, 0) is 69.6 Å². The normalized spacial score (nSPS) is 19.4. The molecule has 3 amide bonds. The Hall–Kier alpha value is -3.50. The average Bonchev–Trinajstić information content (AvgIpc) is 3.61. The van der Waals surface area contributed by atoms with E-state index in [4.69, 9.17) is 4.74 Å². The maximum absolute atomic E-state index is 14.2. The van der Waals surface area contributed by atoms with Gasteiger partial charge in [0.15, 0.2) is 5.82 Å². The van der Waals surface area contributed by atoms with Gasteiger partial charge < -0.3 is 15.0 Å². The van der Waals surface area contributed by atoms with Crippen molar-refractivity contribution in [2.45, 2.75) is 109 Å². The molecule has 1 N–H and O–H groups in total. The second-order valence-corrected chi connectivity index (χ2v) is 12.3. The van der Waals surface area contributed by atoms with Crippen LogP contribution in [0.3, 0.4) is 0 Å². The Labute approximate surface area is 243 Å². The molecular weight excluding hydrogens is 522 g/mol. The molecule has 1 saturated carbocycles. The summed E-state index contributed by atoms with van der Waals surface area (Å²) < 4.78 is 5.50. The zero-order chi connectivity index (χ0) is 29.6. The zero-order valence-corrected chi connectivity index (χ0v) is 25.1. The van der Waals surface area contributed by atoms with E-state index in [9.17, 15) is 14.4 Å². The summed E-state index contributed by atoms with van der Waals surface area (Å²) in [6, 6.07) is 8.21. The van der Waals surface area contributed by atoms with E-state index in [0.29, 0.717) is 25.3 Å². The van der Waals surface area contributed by atoms with E-state index in [0.717, 1.165) is 50.5 Å². The highest BCUT2D eigenvalue weighted by Gasteiger charge is 2.41. The van der Waals surface area contributed by atoms with Gasteiger partial charge in [0.05, 0.1) is 12.6 Å². The highest BCUT2D eigenvalue weighted by Crippen LogP contribution is 2.33. The maximum atomic E-state index is 14.2. The van der Waals surface area contributed by atoms with Crippen LogP contribution in [-0.4, -0.2) is 79.2 Å². The number of hydrogen-bond donors (Lipinski definition) is 1. The van der Waals surface area contributed by atoms with Gasteiger partial charge in [0.2, 0.25) is 11.8 Å². The molecule has 2 heterocycles. The summed E-state index contributed by atoms with van der Waals surface area (Å²) >= 11 is 0. The molecule has 1 aliphatic heterocycles. The molecule has 0 spiro atoms. The standard InChI is InChI=1S/C30H45N7O4/c1-6-23(35(5)29(40)41-30(2,3)4)27(38)31-25(22-16-11-8-12-17-22)28(39)36-19-13-18-24(36)26-32-34-37(33-26)20-21-14-9-7-10-15-21/h7,9-10,14-15,22-25H,6,8,11-13,16-20H2,1-5H3,(H,31,38). The quantitative estimate of drug-likeness (QED) is 0.484. The van der Waals surface area contributed by atoms with Crippen LogP contribution in [0.25, 0.3) is 0 Å². The van der Waals surface area contributed by atoms with Gasteiger partial charge in [-0.25, -0.2) is 4.79 Å². The lowest BCUT2D eigenvalue weighted by Crippen LogP contribution is -2.57. The molecule has 1 aliphatic carbocycles. The van der Waals surface area contributed by atoms with Crippen LogP contribution < -0.4 is 5.32 Å². The van der Waals surface area contributed by atoms with Crippen molar-refractivity contribution in [2.75, 3.05) is 13.6 Å². The third kappa shape index (κ3) is 7.83. The Balaban J connectivity index is 1.50. The average molecular weight is 568 g/mol. The molecule has 224 valence electrons. The number of rotatable bonds is 9. The fraction of sp³-hybridized carbons (Fsp3) is 0.667. The third-order valence-electron chi connectivity index (χ3n) is 7.99. The van der Waals surface area contributed by atoms with Gasteiger partial charge in [-0.1, -0.05) is 56.5 Å². The molecule has 2 aliphatic rings. The first kappa shape index (κ1) is 30.5. The van der Waals surface area contributed by atoms with Crippen molar-refractivity contribution < 1.29 is 19.1 Å². The molecule has 1 aromatic carbocycles. The summed E-state index contributed by atoms with van der Waals surface area (Å²) in [4.78, 5) is 45.3. The van der Waals surface area contributed by atoms with E-state index < -0.39 is 23.8 Å². The number of carbonyl (C=O) groups excluding carboxylic acids is 3. The molecule has 0 radical (unpaired) electrons. The van der Waals surface area contributed by atoms with Crippen molar-refractivity contribution in [1.29, 1.82) is 0 Å². The largest absolute Gasteiger partial charge is 0.444 e. The summed E-state index contributed by atoms with van der Waals surface area (Å²) in [5.41, 5.74) is 0.389. The smallest absolute Gasteiger partial charge is 0.410 e. The van der Waals surface area contributed by atoms with Crippen LogP contribution in [0.2, 0.25) is 0 Å². The second kappa shape index (κ2) is 13.4. The lowest BCUT2D eigenvalue weighted by molar-refractivity contribution is -0.140. The summed E-state index contributed by atoms with van der Waals surface area (Å²) in [6.45, 7) is 8.30. The fourth-order valence-corrected chi connectivity index (χ4v) is 5.87. The molecule has 3 atom stereocenters. The van der Waals surface area contributed by atoms with Crippen molar-refractivity contribution in [2.24, 2.45) is 5.92 Å². The van der Waals surface area contributed by atoms with Gasteiger partial charge in [-0.15, -0.1) is 10.2 Å². The monoisotopic (exact) mass is 567 g/mol. The summed E-state index contributed by atoms with van der Waals surface area (Å²) in [6.07, 6.45) is 6.33. The maximum Gasteiger partial charge on any atom is 0.410 e. The number of carbonyl (C=O) groups is 3. The van der Waals surface area contributed by atoms with Crippen LogP contribution in [0.15, 0.2) is 30.3 Å². The molecule has 3 unspecified atom stereocenters. The molecule has 11 heteroatoms. The first-order valence-electron chi connectivity index (χ1n) is 15.0. The van der Waals surface area contributed by atoms with Crippen LogP contribution in [0.5, 0.6) is 0 Å². The van der Waals surface area contributed by atoms with Crippen molar-refractivity contribution in [1.82, 2.24) is 35.3 Å². The van der Waals surface area contributed by atoms with E-state index in [1.807, 2.05) is 42.2 Å². The van der Waals surface area contributed by atoms with Gasteiger partial charge in [0.25, 0.3) is 0 Å². The minimum Gasteiger partial charge on any atom is -0.444 e. The second-order valence-electron chi connectivity index (χ2n) is 12.3. The minimum absolute atomic E-state index is 0.0347. The summed E-state index contributed by atoms with van der Waals surface area (Å²) in [7, 11) is 1.57. The molecule has 11 nitrogen and oxygen atoms in total. The number of nitrogens with one attached hydrogen (secondary N) is 1. The van der Waals surface area contributed by atoms with Crippen molar-refractivity contribution >= 4 is 17.9 Å².